The van der Waals surface area contributed by atoms with Crippen LogP contribution in [0.2, 0.25) is 0 Å². The molecule has 0 unspecified atom stereocenters. The number of hydrogen-bond acceptors (Lipinski definition) is 2. The minimum atomic E-state index is -0.333. The number of carbonyl (C=O) groups is 1. The molecule has 46 heavy (non-hydrogen) atoms. The van der Waals surface area contributed by atoms with Crippen LogP contribution in [0, 0.1) is 0 Å². The van der Waals surface area contributed by atoms with Gasteiger partial charge >= 0.3 is 0 Å². The third-order valence-electron chi connectivity index (χ3n) is 9.70. The van der Waals surface area contributed by atoms with Crippen LogP contribution in [0.25, 0.3) is 0 Å². The summed E-state index contributed by atoms with van der Waals surface area (Å²) in [5.74, 6) is 1.52. The van der Waals surface area contributed by atoms with E-state index in [0.29, 0.717) is 6.42 Å². The van der Waals surface area contributed by atoms with E-state index < -0.39 is 0 Å². The number of nitrogens with zero attached hydrogens (tertiary/aromatic N) is 1. The van der Waals surface area contributed by atoms with Gasteiger partial charge < -0.3 is 5.32 Å². The van der Waals surface area contributed by atoms with E-state index in [2.05, 4.69) is 67.2 Å². The van der Waals surface area contributed by atoms with Crippen molar-refractivity contribution in [1.29, 1.82) is 0 Å². The van der Waals surface area contributed by atoms with Crippen molar-refractivity contribution in [2.45, 2.75) is 220 Å². The van der Waals surface area contributed by atoms with Crippen molar-refractivity contribution in [3.63, 3.8) is 0 Å². The molecule has 0 radical (unpaired) electrons. The molecule has 0 bridgehead atoms. The second kappa shape index (κ2) is 30.7. The fourth-order valence-corrected chi connectivity index (χ4v) is 6.75. The van der Waals surface area contributed by atoms with Gasteiger partial charge in [0.25, 0.3) is 0 Å². The van der Waals surface area contributed by atoms with Gasteiger partial charge in [-0.2, -0.15) is 0 Å². The fourth-order valence-electron chi connectivity index (χ4n) is 6.75. The van der Waals surface area contributed by atoms with Crippen LogP contribution in [0.5, 0.6) is 0 Å². The average Bonchev–Trinajstić information content (AvgIpc) is 3.52. The van der Waals surface area contributed by atoms with Crippen molar-refractivity contribution in [3.05, 3.63) is 24.3 Å². The molecule has 268 valence electrons. The number of unbranched alkanes of at least 4 members (excludes halogenated alkanes) is 23. The molecule has 0 aromatic carbocycles. The largest absolute Gasteiger partial charge is 0.316 e. The van der Waals surface area contributed by atoms with E-state index in [0.717, 1.165) is 32.4 Å². The Balaban J connectivity index is 2.06. The number of amidine groups is 1. The van der Waals surface area contributed by atoms with Gasteiger partial charge in [0.15, 0.2) is 5.66 Å². The van der Waals surface area contributed by atoms with Crippen LogP contribution in [-0.4, -0.2) is 35.1 Å². The monoisotopic (exact) mass is 643 g/mol. The Hall–Kier alpha value is -1.58. The van der Waals surface area contributed by atoms with Crippen molar-refractivity contribution >= 4 is 11.7 Å². The van der Waals surface area contributed by atoms with Crippen molar-refractivity contribution < 1.29 is 9.37 Å². The number of amides is 1. The van der Waals surface area contributed by atoms with E-state index >= 15 is 0 Å². The predicted octanol–water partition coefficient (Wildman–Crippen LogP) is 12.3. The van der Waals surface area contributed by atoms with Crippen LogP contribution in [0.15, 0.2) is 24.3 Å². The molecule has 1 aliphatic rings. The molecule has 0 saturated heterocycles. The van der Waals surface area contributed by atoms with Gasteiger partial charge in [-0.3, -0.25) is 10.1 Å². The molecular weight excluding hydrogens is 562 g/mol. The molecule has 1 heterocycles. The molecule has 1 rings (SSSR count). The van der Waals surface area contributed by atoms with Gasteiger partial charge in [-0.05, 0) is 78.1 Å². The van der Waals surface area contributed by atoms with E-state index in [1.54, 1.807) is 0 Å². The van der Waals surface area contributed by atoms with Crippen LogP contribution in [0.3, 0.4) is 0 Å². The summed E-state index contributed by atoms with van der Waals surface area (Å²) in [6, 6.07) is 0. The third kappa shape index (κ3) is 24.6. The molecule has 2 N–H and O–H groups in total. The highest BCUT2D eigenvalue weighted by molar-refractivity contribution is 5.79. The van der Waals surface area contributed by atoms with Crippen LogP contribution in [0.4, 0.5) is 0 Å². The van der Waals surface area contributed by atoms with Crippen molar-refractivity contribution in [2.24, 2.45) is 0 Å². The Morgan fingerprint density at radius 3 is 1.46 bits per heavy atom. The van der Waals surface area contributed by atoms with Crippen molar-refractivity contribution in [2.75, 3.05) is 13.1 Å². The number of rotatable bonds is 33. The quantitative estimate of drug-likeness (QED) is 0.0425. The van der Waals surface area contributed by atoms with E-state index in [9.17, 15) is 4.79 Å². The van der Waals surface area contributed by atoms with E-state index in [4.69, 9.17) is 0 Å². The molecule has 0 atom stereocenters. The zero-order chi connectivity index (χ0) is 33.4. The summed E-state index contributed by atoms with van der Waals surface area (Å²) in [6.07, 6.45) is 46.9. The van der Waals surface area contributed by atoms with Crippen LogP contribution in [-0.2, 0) is 4.79 Å². The minimum absolute atomic E-state index is 0.200. The Kier molecular flexibility index (Phi) is 28.4. The van der Waals surface area contributed by atoms with Gasteiger partial charge in [0.1, 0.15) is 13.1 Å². The summed E-state index contributed by atoms with van der Waals surface area (Å²) in [4.78, 5) is 12.8. The molecule has 1 aliphatic heterocycles. The Bertz CT molecular complexity index is 797. The number of nitrogens with one attached hydrogen (secondary N) is 2. The van der Waals surface area contributed by atoms with E-state index in [-0.39, 0.29) is 11.6 Å². The summed E-state index contributed by atoms with van der Waals surface area (Å²) in [5, 5.41) is 6.96. The summed E-state index contributed by atoms with van der Waals surface area (Å²) < 4.78 is 2.41. The SMILES string of the molecule is CCCCCCCCC=CCCCCCCCCC1=[N+](C(C)(C)NC(=O)CCCCCCCC=CCCCCCCCC)CCN1. The number of allylic oxidation sites excluding steroid dienone is 4. The van der Waals surface area contributed by atoms with Crippen molar-refractivity contribution in [3.8, 4) is 0 Å². The summed E-state index contributed by atoms with van der Waals surface area (Å²) in [7, 11) is 0. The third-order valence-corrected chi connectivity index (χ3v) is 9.70. The summed E-state index contributed by atoms with van der Waals surface area (Å²) >= 11 is 0. The van der Waals surface area contributed by atoms with Gasteiger partial charge in [-0.15, -0.1) is 0 Å². The zero-order valence-corrected chi connectivity index (χ0v) is 31.6. The number of hydrogen-bond donors (Lipinski definition) is 2. The maximum atomic E-state index is 12.8. The molecular formula is C42H80N3O+. The second-order valence-corrected chi connectivity index (χ2v) is 14.7. The minimum Gasteiger partial charge on any atom is -0.316 e. The van der Waals surface area contributed by atoms with Crippen molar-refractivity contribution in [1.82, 2.24) is 10.6 Å². The Morgan fingerprint density at radius 1 is 0.609 bits per heavy atom. The molecule has 0 spiro atoms. The van der Waals surface area contributed by atoms with Crippen LogP contribution >= 0.6 is 0 Å². The van der Waals surface area contributed by atoms with Gasteiger partial charge in [0.2, 0.25) is 11.7 Å². The van der Waals surface area contributed by atoms with Gasteiger partial charge in [-0.25, -0.2) is 4.58 Å². The lowest BCUT2D eigenvalue weighted by Gasteiger charge is -2.26. The van der Waals surface area contributed by atoms with Gasteiger partial charge in [0.05, 0.1) is 0 Å². The average molecular weight is 643 g/mol. The first-order valence-corrected chi connectivity index (χ1v) is 20.5. The standard InChI is InChI=1S/C42H79N3O/c1-5-7-9-11-13-15-17-19-21-23-24-26-28-30-32-34-36-40-43-38-39-45(40)42(3,4)44-41(46)37-35-33-31-29-27-25-22-20-18-16-14-12-10-8-6-2/h19-22H,5-18,23-39H2,1-4H3,(H,44,46)/p+1. The van der Waals surface area contributed by atoms with E-state index in [1.807, 2.05) is 0 Å². The van der Waals surface area contributed by atoms with E-state index in [1.165, 1.54) is 166 Å². The Morgan fingerprint density at radius 2 is 1.00 bits per heavy atom. The molecule has 1 amide bonds. The number of carbonyl (C=O) groups excluding carboxylic acids is 1. The van der Waals surface area contributed by atoms with Gasteiger partial charge in [-0.1, -0.05) is 147 Å². The first kappa shape index (κ1) is 42.4. The molecule has 0 fully saturated rings. The maximum Gasteiger partial charge on any atom is 0.246 e. The zero-order valence-electron chi connectivity index (χ0n) is 31.6. The van der Waals surface area contributed by atoms with Crippen LogP contribution in [0.1, 0.15) is 214 Å². The highest BCUT2D eigenvalue weighted by Crippen LogP contribution is 2.15. The molecule has 0 saturated carbocycles. The predicted molar refractivity (Wildman–Crippen MR) is 204 cm³/mol. The lowest BCUT2D eigenvalue weighted by atomic mass is 10.1. The Labute approximate surface area is 288 Å². The van der Waals surface area contributed by atoms with Crippen LogP contribution < -0.4 is 10.6 Å². The highest BCUT2D eigenvalue weighted by Gasteiger charge is 2.34. The lowest BCUT2D eigenvalue weighted by molar-refractivity contribution is -0.598. The second-order valence-electron chi connectivity index (χ2n) is 14.7. The summed E-state index contributed by atoms with van der Waals surface area (Å²) in [6.45, 7) is 10.9. The topological polar surface area (TPSA) is 44.1 Å². The normalized spacial score (nSPS) is 13.8. The maximum absolute atomic E-state index is 12.8. The molecule has 0 aliphatic carbocycles. The first-order chi connectivity index (χ1) is 22.5. The summed E-state index contributed by atoms with van der Waals surface area (Å²) in [5.41, 5.74) is -0.333. The molecule has 4 heteroatoms. The van der Waals surface area contributed by atoms with Gasteiger partial charge in [0, 0.05) is 12.8 Å². The smallest absolute Gasteiger partial charge is 0.246 e. The first-order valence-electron chi connectivity index (χ1n) is 20.5. The molecule has 0 aromatic heterocycles. The molecule has 4 nitrogen and oxygen atoms in total. The molecule has 0 aromatic rings. The highest BCUT2D eigenvalue weighted by atomic mass is 16.1. The lowest BCUT2D eigenvalue weighted by Crippen LogP contribution is -2.53. The fraction of sp³-hybridized carbons (Fsp3) is 0.857.